The van der Waals surface area contributed by atoms with E-state index in [0.717, 1.165) is 19.3 Å². The van der Waals surface area contributed by atoms with Gasteiger partial charge in [-0.25, -0.2) is 0 Å². The number of hydrogen-bond acceptors (Lipinski definition) is 2. The third-order valence-electron chi connectivity index (χ3n) is 2.27. The van der Waals surface area contributed by atoms with Gasteiger partial charge in [-0.05, 0) is 24.5 Å². The molecule has 2 unspecified atom stereocenters. The molecule has 0 amide bonds. The fourth-order valence-corrected chi connectivity index (χ4v) is 1.81. The molecule has 0 aromatic heterocycles. The van der Waals surface area contributed by atoms with E-state index < -0.39 is 0 Å². The minimum Gasteiger partial charge on any atom is -0.389 e. The Morgan fingerprint density at radius 3 is 2.62 bits per heavy atom. The summed E-state index contributed by atoms with van der Waals surface area (Å²) in [5.74, 6) is 1.93. The number of nitrogens with one attached hydrogen (secondary N) is 2. The third-order valence-corrected chi connectivity index (χ3v) is 2.75. The molecule has 16 heavy (non-hydrogen) atoms. The molecular formula is C12H20N2P2. The third kappa shape index (κ3) is 5.07. The molecule has 0 bridgehead atoms. The van der Waals surface area contributed by atoms with E-state index in [9.17, 15) is 0 Å². The fraction of sp³-hybridized carbons (Fsp3) is 0.333. The predicted octanol–water partition coefficient (Wildman–Crippen LogP) is 2.13. The van der Waals surface area contributed by atoms with E-state index in [1.165, 1.54) is 5.56 Å². The van der Waals surface area contributed by atoms with Crippen LogP contribution in [0.4, 0.5) is 0 Å². The monoisotopic (exact) mass is 254 g/mol. The molecule has 0 aliphatic rings. The van der Waals surface area contributed by atoms with E-state index in [0.29, 0.717) is 6.04 Å². The molecule has 2 nitrogen and oxygen atoms in total. The van der Waals surface area contributed by atoms with Gasteiger partial charge in [-0.1, -0.05) is 36.1 Å². The lowest BCUT2D eigenvalue weighted by atomic mass is 10.1. The molecule has 0 spiro atoms. The Balaban J connectivity index is 2.56. The zero-order valence-corrected chi connectivity index (χ0v) is 11.7. The summed E-state index contributed by atoms with van der Waals surface area (Å²) in [6.07, 6.45) is 3.02. The van der Waals surface area contributed by atoms with E-state index in [2.05, 4.69) is 53.4 Å². The van der Waals surface area contributed by atoms with Crippen molar-refractivity contribution in [2.24, 2.45) is 0 Å². The summed E-state index contributed by atoms with van der Waals surface area (Å²) in [6, 6.07) is 10.9. The first kappa shape index (κ1) is 13.6. The van der Waals surface area contributed by atoms with Crippen LogP contribution in [0.25, 0.3) is 0 Å². The highest BCUT2D eigenvalue weighted by Crippen LogP contribution is 2.11. The average Bonchev–Trinajstić information content (AvgIpc) is 2.35. The molecule has 88 valence electrons. The van der Waals surface area contributed by atoms with Crippen molar-refractivity contribution in [3.8, 4) is 0 Å². The Bertz CT molecular complexity index is 301. The van der Waals surface area contributed by atoms with Crippen molar-refractivity contribution in [3.63, 3.8) is 0 Å². The summed E-state index contributed by atoms with van der Waals surface area (Å²) in [5, 5.41) is 6.79. The lowest BCUT2D eigenvalue weighted by Crippen LogP contribution is -2.30. The van der Waals surface area contributed by atoms with Gasteiger partial charge in [0, 0.05) is 12.6 Å². The minimum absolute atomic E-state index is 0.364. The van der Waals surface area contributed by atoms with Crippen molar-refractivity contribution in [2.75, 3.05) is 19.3 Å². The quantitative estimate of drug-likeness (QED) is 0.728. The van der Waals surface area contributed by atoms with Gasteiger partial charge in [0.25, 0.3) is 0 Å². The average molecular weight is 254 g/mol. The lowest BCUT2D eigenvalue weighted by molar-refractivity contribution is 0.536. The largest absolute Gasteiger partial charge is 0.389 e. The Labute approximate surface area is 103 Å². The molecule has 4 heteroatoms. The molecule has 0 heterocycles. The van der Waals surface area contributed by atoms with Crippen LogP contribution in [-0.4, -0.2) is 19.3 Å². The highest BCUT2D eigenvalue weighted by atomic mass is 31.0. The molecule has 2 N–H and O–H groups in total. The molecule has 0 saturated heterocycles. The summed E-state index contributed by atoms with van der Waals surface area (Å²) in [4.78, 5) is 0. The molecule has 1 aromatic carbocycles. The first-order chi connectivity index (χ1) is 7.88. The van der Waals surface area contributed by atoms with Gasteiger partial charge in [-0.2, -0.15) is 0 Å². The first-order valence-electron chi connectivity index (χ1n) is 5.47. The zero-order valence-electron chi connectivity index (χ0n) is 9.39. The SMILES string of the molecule is P/C=C\NC[C@@H](NCCP)c1ccccc1. The molecule has 0 fully saturated rings. The summed E-state index contributed by atoms with van der Waals surface area (Å²) in [5.41, 5.74) is 1.32. The van der Waals surface area contributed by atoms with Crippen molar-refractivity contribution in [1.82, 2.24) is 10.6 Å². The van der Waals surface area contributed by atoms with Crippen LogP contribution in [0.5, 0.6) is 0 Å². The van der Waals surface area contributed by atoms with Gasteiger partial charge in [-0.3, -0.25) is 0 Å². The van der Waals surface area contributed by atoms with Crippen molar-refractivity contribution < 1.29 is 0 Å². The van der Waals surface area contributed by atoms with E-state index in [1.54, 1.807) is 0 Å². The van der Waals surface area contributed by atoms with Crippen LogP contribution in [0.2, 0.25) is 0 Å². The van der Waals surface area contributed by atoms with Crippen LogP contribution in [0, 0.1) is 0 Å². The Hall–Kier alpha value is -0.420. The first-order valence-corrected chi connectivity index (χ1v) is 6.95. The van der Waals surface area contributed by atoms with Gasteiger partial charge in [-0.15, -0.1) is 18.5 Å². The van der Waals surface area contributed by atoms with E-state index in [1.807, 2.05) is 18.1 Å². The van der Waals surface area contributed by atoms with E-state index in [-0.39, 0.29) is 0 Å². The predicted molar refractivity (Wildman–Crippen MR) is 78.6 cm³/mol. The second kappa shape index (κ2) is 8.70. The maximum absolute atomic E-state index is 3.52. The summed E-state index contributed by atoms with van der Waals surface area (Å²) in [6.45, 7) is 1.91. The van der Waals surface area contributed by atoms with Gasteiger partial charge >= 0.3 is 0 Å². The lowest BCUT2D eigenvalue weighted by Gasteiger charge is -2.18. The molecule has 3 atom stereocenters. The molecule has 0 saturated carbocycles. The van der Waals surface area contributed by atoms with Gasteiger partial charge < -0.3 is 10.6 Å². The fourth-order valence-electron chi connectivity index (χ4n) is 1.50. The number of rotatable bonds is 7. The normalized spacial score (nSPS) is 12.9. The van der Waals surface area contributed by atoms with Gasteiger partial charge in [0.2, 0.25) is 0 Å². The van der Waals surface area contributed by atoms with Gasteiger partial charge in [0.05, 0.1) is 0 Å². The minimum atomic E-state index is 0.364. The van der Waals surface area contributed by atoms with Crippen LogP contribution >= 0.6 is 18.5 Å². The molecular weight excluding hydrogens is 234 g/mol. The van der Waals surface area contributed by atoms with Crippen LogP contribution in [0.15, 0.2) is 42.3 Å². The van der Waals surface area contributed by atoms with E-state index >= 15 is 0 Å². The Morgan fingerprint density at radius 2 is 2.00 bits per heavy atom. The van der Waals surface area contributed by atoms with Gasteiger partial charge in [0.1, 0.15) is 0 Å². The summed E-state index contributed by atoms with van der Waals surface area (Å²) in [7, 11) is 5.30. The van der Waals surface area contributed by atoms with E-state index in [4.69, 9.17) is 0 Å². The highest BCUT2D eigenvalue weighted by Gasteiger charge is 2.08. The highest BCUT2D eigenvalue weighted by molar-refractivity contribution is 7.20. The maximum Gasteiger partial charge on any atom is 0.0495 e. The van der Waals surface area contributed by atoms with Crippen LogP contribution < -0.4 is 10.6 Å². The van der Waals surface area contributed by atoms with Crippen molar-refractivity contribution in [1.29, 1.82) is 0 Å². The number of benzene rings is 1. The summed E-state index contributed by atoms with van der Waals surface area (Å²) >= 11 is 0. The summed E-state index contributed by atoms with van der Waals surface area (Å²) < 4.78 is 0. The molecule has 0 aliphatic heterocycles. The Morgan fingerprint density at radius 1 is 1.25 bits per heavy atom. The topological polar surface area (TPSA) is 24.1 Å². The van der Waals surface area contributed by atoms with Crippen LogP contribution in [0.1, 0.15) is 11.6 Å². The molecule has 0 aliphatic carbocycles. The standard InChI is InChI=1S/C12H20N2P2/c15-8-6-13-10-12(14-7-9-16)11-4-2-1-3-5-11/h1-6,8,12-14H,7,9-10,15-16H2/b8-6-/t12-/m1/s1. The van der Waals surface area contributed by atoms with Crippen molar-refractivity contribution in [3.05, 3.63) is 47.9 Å². The molecule has 1 aromatic rings. The van der Waals surface area contributed by atoms with Crippen molar-refractivity contribution >= 4 is 18.5 Å². The zero-order chi connectivity index (χ0) is 11.6. The second-order valence-corrected chi connectivity index (χ2v) is 4.44. The van der Waals surface area contributed by atoms with Crippen molar-refractivity contribution in [2.45, 2.75) is 6.04 Å². The van der Waals surface area contributed by atoms with Crippen LogP contribution in [-0.2, 0) is 0 Å². The molecule has 1 rings (SSSR count). The van der Waals surface area contributed by atoms with Crippen LogP contribution in [0.3, 0.4) is 0 Å². The Kier molecular flexibility index (Phi) is 7.42. The smallest absolute Gasteiger partial charge is 0.0495 e. The maximum atomic E-state index is 3.52. The second-order valence-electron chi connectivity index (χ2n) is 3.47. The number of hydrogen-bond donors (Lipinski definition) is 2. The van der Waals surface area contributed by atoms with Gasteiger partial charge in [0.15, 0.2) is 0 Å². The molecule has 0 radical (unpaired) electrons.